The van der Waals surface area contributed by atoms with Gasteiger partial charge in [-0.15, -0.1) is 0 Å². The summed E-state index contributed by atoms with van der Waals surface area (Å²) in [4.78, 5) is 4.16. The maximum Gasteiger partial charge on any atom is 0.200 e. The van der Waals surface area contributed by atoms with Crippen LogP contribution in [-0.2, 0) is 6.61 Å². The van der Waals surface area contributed by atoms with Gasteiger partial charge in [-0.05, 0) is 36.2 Å². The largest absolute Gasteiger partial charge is 0.486 e. The molecule has 2 rings (SSSR count). The molecule has 0 aliphatic rings. The highest BCUT2D eigenvalue weighted by atomic mass is 19.2. The van der Waals surface area contributed by atoms with Crippen molar-refractivity contribution in [2.24, 2.45) is 0 Å². The summed E-state index contributed by atoms with van der Waals surface area (Å²) in [6, 6.07) is 7.47. The highest BCUT2D eigenvalue weighted by Crippen LogP contribution is 2.20. The fourth-order valence-corrected chi connectivity index (χ4v) is 1.67. The molecule has 20 heavy (non-hydrogen) atoms. The van der Waals surface area contributed by atoms with Crippen LogP contribution in [0.5, 0.6) is 5.75 Å². The number of nitrogens with zero attached hydrogens (tertiary/aromatic N) is 1. The van der Waals surface area contributed by atoms with Crippen LogP contribution >= 0.6 is 0 Å². The predicted octanol–water partition coefficient (Wildman–Crippen LogP) is 3.76. The number of pyridine rings is 1. The Labute approximate surface area is 116 Å². The van der Waals surface area contributed by atoms with Gasteiger partial charge in [0.05, 0.1) is 0 Å². The molecule has 0 saturated heterocycles. The topological polar surface area (TPSA) is 34.1 Å². The van der Waals surface area contributed by atoms with E-state index in [-0.39, 0.29) is 12.4 Å². The molecule has 3 nitrogen and oxygen atoms in total. The van der Waals surface area contributed by atoms with Crippen LogP contribution in [0.2, 0.25) is 0 Å². The third kappa shape index (κ3) is 3.66. The van der Waals surface area contributed by atoms with Crippen molar-refractivity contribution in [3.8, 4) is 5.75 Å². The molecular weight excluding hydrogens is 262 g/mol. The maximum atomic E-state index is 13.4. The van der Waals surface area contributed by atoms with Crippen molar-refractivity contribution in [1.29, 1.82) is 0 Å². The van der Waals surface area contributed by atoms with Gasteiger partial charge in [-0.2, -0.15) is 4.39 Å². The highest BCUT2D eigenvalue weighted by molar-refractivity contribution is 5.37. The Balaban J connectivity index is 2.01. The lowest BCUT2D eigenvalue weighted by Gasteiger charge is -2.09. The Morgan fingerprint density at radius 3 is 2.90 bits per heavy atom. The number of halogens is 2. The van der Waals surface area contributed by atoms with Crippen molar-refractivity contribution in [1.82, 2.24) is 4.98 Å². The van der Waals surface area contributed by atoms with Crippen LogP contribution in [0.3, 0.4) is 0 Å². The molecule has 1 heterocycles. The molecule has 0 fully saturated rings. The molecule has 0 aliphatic carbocycles. The first kappa shape index (κ1) is 14.2. The molecule has 0 unspecified atom stereocenters. The first-order chi connectivity index (χ1) is 9.70. The average molecular weight is 278 g/mol. The zero-order chi connectivity index (χ0) is 14.4. The number of aromatic nitrogens is 1. The van der Waals surface area contributed by atoms with E-state index in [0.717, 1.165) is 30.4 Å². The van der Waals surface area contributed by atoms with Crippen LogP contribution in [0.15, 0.2) is 36.5 Å². The molecule has 106 valence electrons. The van der Waals surface area contributed by atoms with E-state index in [1.54, 1.807) is 12.3 Å². The molecule has 0 bridgehead atoms. The van der Waals surface area contributed by atoms with Crippen LogP contribution < -0.4 is 10.1 Å². The maximum absolute atomic E-state index is 13.4. The van der Waals surface area contributed by atoms with Crippen LogP contribution in [0.4, 0.5) is 14.6 Å². The molecule has 5 heteroatoms. The third-order valence-electron chi connectivity index (χ3n) is 2.69. The summed E-state index contributed by atoms with van der Waals surface area (Å²) in [5.41, 5.74) is 0.835. The SMILES string of the molecule is CCCNc1cc(COc2cccc(F)c2F)ccn1. The second-order valence-corrected chi connectivity index (χ2v) is 4.32. The van der Waals surface area contributed by atoms with Crippen LogP contribution in [0, 0.1) is 11.6 Å². The van der Waals surface area contributed by atoms with Crippen LogP contribution in [-0.4, -0.2) is 11.5 Å². The Bertz CT molecular complexity index is 576. The van der Waals surface area contributed by atoms with Gasteiger partial charge >= 0.3 is 0 Å². The smallest absolute Gasteiger partial charge is 0.200 e. The second kappa shape index (κ2) is 6.84. The molecule has 0 radical (unpaired) electrons. The summed E-state index contributed by atoms with van der Waals surface area (Å²) >= 11 is 0. The molecular formula is C15H16F2N2O. The fourth-order valence-electron chi connectivity index (χ4n) is 1.67. The van der Waals surface area contributed by atoms with Gasteiger partial charge in [-0.25, -0.2) is 9.37 Å². The Hall–Kier alpha value is -2.17. The van der Waals surface area contributed by atoms with Crippen molar-refractivity contribution < 1.29 is 13.5 Å². The zero-order valence-electron chi connectivity index (χ0n) is 11.2. The van der Waals surface area contributed by atoms with Gasteiger partial charge in [0.2, 0.25) is 5.82 Å². The van der Waals surface area contributed by atoms with Crippen molar-refractivity contribution in [2.75, 3.05) is 11.9 Å². The quantitative estimate of drug-likeness (QED) is 0.873. The summed E-state index contributed by atoms with van der Waals surface area (Å²) in [5.74, 6) is -1.23. The molecule has 0 saturated carbocycles. The number of hydrogen-bond donors (Lipinski definition) is 1. The Morgan fingerprint density at radius 1 is 1.25 bits per heavy atom. The van der Waals surface area contributed by atoms with E-state index >= 15 is 0 Å². The van der Waals surface area contributed by atoms with Crippen LogP contribution in [0.1, 0.15) is 18.9 Å². The zero-order valence-corrected chi connectivity index (χ0v) is 11.2. The lowest BCUT2D eigenvalue weighted by Crippen LogP contribution is -2.04. The van der Waals surface area contributed by atoms with E-state index in [1.165, 1.54) is 12.1 Å². The van der Waals surface area contributed by atoms with E-state index in [4.69, 9.17) is 4.74 Å². The molecule has 1 N–H and O–H groups in total. The molecule has 0 spiro atoms. The minimum Gasteiger partial charge on any atom is -0.486 e. The first-order valence-corrected chi connectivity index (χ1v) is 6.46. The average Bonchev–Trinajstić information content (AvgIpc) is 2.47. The van der Waals surface area contributed by atoms with E-state index in [9.17, 15) is 8.78 Å². The van der Waals surface area contributed by atoms with Crippen molar-refractivity contribution in [3.63, 3.8) is 0 Å². The van der Waals surface area contributed by atoms with Gasteiger partial charge in [-0.1, -0.05) is 13.0 Å². The van der Waals surface area contributed by atoms with Gasteiger partial charge in [-0.3, -0.25) is 0 Å². The highest BCUT2D eigenvalue weighted by Gasteiger charge is 2.08. The molecule has 0 aliphatic heterocycles. The Kier molecular flexibility index (Phi) is 4.87. The van der Waals surface area contributed by atoms with Gasteiger partial charge in [0.25, 0.3) is 0 Å². The number of hydrogen-bond acceptors (Lipinski definition) is 3. The molecule has 1 aromatic carbocycles. The number of rotatable bonds is 6. The minimum absolute atomic E-state index is 0.0927. The summed E-state index contributed by atoms with van der Waals surface area (Å²) in [5, 5.41) is 3.15. The van der Waals surface area contributed by atoms with Crippen molar-refractivity contribution in [3.05, 3.63) is 53.7 Å². The van der Waals surface area contributed by atoms with E-state index in [2.05, 4.69) is 17.2 Å². The molecule has 2 aromatic rings. The lowest BCUT2D eigenvalue weighted by atomic mass is 10.2. The van der Waals surface area contributed by atoms with Gasteiger partial charge < -0.3 is 10.1 Å². The number of ether oxygens (including phenoxy) is 1. The Morgan fingerprint density at radius 2 is 2.10 bits per heavy atom. The number of nitrogens with one attached hydrogen (secondary N) is 1. The molecule has 0 atom stereocenters. The summed E-state index contributed by atoms with van der Waals surface area (Å²) in [7, 11) is 0. The van der Waals surface area contributed by atoms with Crippen LogP contribution in [0.25, 0.3) is 0 Å². The standard InChI is InChI=1S/C15H16F2N2O/c1-2-7-18-14-9-11(6-8-19-14)10-20-13-5-3-4-12(16)15(13)17/h3-6,8-9H,2,7,10H2,1H3,(H,18,19). The van der Waals surface area contributed by atoms with Gasteiger partial charge in [0, 0.05) is 12.7 Å². The van der Waals surface area contributed by atoms with E-state index in [1.807, 2.05) is 6.07 Å². The normalized spacial score (nSPS) is 10.3. The second-order valence-electron chi connectivity index (χ2n) is 4.32. The van der Waals surface area contributed by atoms with E-state index < -0.39 is 11.6 Å². The van der Waals surface area contributed by atoms with Crippen molar-refractivity contribution >= 4 is 5.82 Å². The van der Waals surface area contributed by atoms with Crippen molar-refractivity contribution in [2.45, 2.75) is 20.0 Å². The minimum atomic E-state index is -0.967. The third-order valence-corrected chi connectivity index (χ3v) is 2.69. The lowest BCUT2D eigenvalue weighted by molar-refractivity contribution is 0.284. The number of anilines is 1. The summed E-state index contributed by atoms with van der Waals surface area (Å²) < 4.78 is 31.8. The van der Waals surface area contributed by atoms with Gasteiger partial charge in [0.15, 0.2) is 11.6 Å². The molecule has 1 aromatic heterocycles. The van der Waals surface area contributed by atoms with E-state index in [0.29, 0.717) is 0 Å². The summed E-state index contributed by atoms with van der Waals surface area (Å²) in [6.07, 6.45) is 2.65. The fraction of sp³-hybridized carbons (Fsp3) is 0.267. The number of benzene rings is 1. The molecule has 0 amide bonds. The van der Waals surface area contributed by atoms with Gasteiger partial charge in [0.1, 0.15) is 12.4 Å². The summed E-state index contributed by atoms with van der Waals surface area (Å²) in [6.45, 7) is 3.05. The first-order valence-electron chi connectivity index (χ1n) is 6.46. The monoisotopic (exact) mass is 278 g/mol. The predicted molar refractivity (Wildman–Crippen MR) is 73.7 cm³/mol.